The van der Waals surface area contributed by atoms with Crippen molar-refractivity contribution in [1.29, 1.82) is 0 Å². The van der Waals surface area contributed by atoms with Crippen LogP contribution in [0.15, 0.2) is 24.3 Å². The molecule has 28 heavy (non-hydrogen) atoms. The summed E-state index contributed by atoms with van der Waals surface area (Å²) in [4.78, 5) is 14.5. The molecule has 4 nitrogen and oxygen atoms in total. The predicted molar refractivity (Wildman–Crippen MR) is 118 cm³/mol. The van der Waals surface area contributed by atoms with Crippen LogP contribution in [0.4, 0.5) is 5.69 Å². The number of carbonyl (C=O) groups excluding carboxylic acids is 1. The molecule has 1 aromatic carbocycles. The number of nitrogens with zero attached hydrogens (tertiary/aromatic N) is 2. The standard InChI is InChI=1S/C24H35N3O/c1-5-9-21-23(19-12-14-20(15-13-19)26(3)4)22(24(25)28)17(2)27(21)16-18-10-7-6-8-11-18/h12-15,18H,5-11,16H2,1-4H3,(H2,25,28). The van der Waals surface area contributed by atoms with Crippen molar-refractivity contribution in [1.82, 2.24) is 4.57 Å². The highest BCUT2D eigenvalue weighted by Gasteiger charge is 2.26. The maximum absolute atomic E-state index is 12.5. The number of nitrogens with two attached hydrogens (primary N) is 1. The molecule has 152 valence electrons. The van der Waals surface area contributed by atoms with Crippen molar-refractivity contribution >= 4 is 11.6 Å². The Balaban J connectivity index is 2.10. The van der Waals surface area contributed by atoms with Crippen LogP contribution < -0.4 is 10.6 Å². The van der Waals surface area contributed by atoms with Gasteiger partial charge in [0.2, 0.25) is 0 Å². The van der Waals surface area contributed by atoms with Crippen molar-refractivity contribution in [3.05, 3.63) is 41.2 Å². The average Bonchev–Trinajstić information content (AvgIpc) is 2.95. The molecule has 0 saturated heterocycles. The van der Waals surface area contributed by atoms with Crippen molar-refractivity contribution in [2.24, 2.45) is 11.7 Å². The van der Waals surface area contributed by atoms with Gasteiger partial charge in [-0.3, -0.25) is 4.79 Å². The number of rotatable bonds is 7. The van der Waals surface area contributed by atoms with Crippen LogP contribution in [0.1, 0.15) is 67.2 Å². The smallest absolute Gasteiger partial charge is 0.251 e. The van der Waals surface area contributed by atoms with E-state index in [2.05, 4.69) is 47.6 Å². The van der Waals surface area contributed by atoms with Gasteiger partial charge in [-0.2, -0.15) is 0 Å². The molecule has 1 amide bonds. The van der Waals surface area contributed by atoms with Gasteiger partial charge in [-0.15, -0.1) is 0 Å². The van der Waals surface area contributed by atoms with E-state index in [9.17, 15) is 4.79 Å². The Morgan fingerprint density at radius 2 is 1.79 bits per heavy atom. The second-order valence-corrected chi connectivity index (χ2v) is 8.45. The molecule has 0 spiro atoms. The number of benzene rings is 1. The first kappa shape index (κ1) is 20.5. The van der Waals surface area contributed by atoms with Gasteiger partial charge in [0.15, 0.2) is 0 Å². The number of hydrogen-bond donors (Lipinski definition) is 1. The Bertz CT molecular complexity index is 811. The van der Waals surface area contributed by atoms with Crippen molar-refractivity contribution in [3.63, 3.8) is 0 Å². The highest BCUT2D eigenvalue weighted by atomic mass is 16.1. The van der Waals surface area contributed by atoms with Crippen LogP contribution in [0.2, 0.25) is 0 Å². The lowest BCUT2D eigenvalue weighted by atomic mass is 9.89. The SMILES string of the molecule is CCCc1c(-c2ccc(N(C)C)cc2)c(C(N)=O)c(C)n1CC1CCCCC1. The third kappa shape index (κ3) is 4.11. The van der Waals surface area contributed by atoms with Crippen molar-refractivity contribution < 1.29 is 4.79 Å². The lowest BCUT2D eigenvalue weighted by Crippen LogP contribution is -2.18. The largest absolute Gasteiger partial charge is 0.378 e. The molecule has 3 rings (SSSR count). The normalized spacial score (nSPS) is 15.0. The van der Waals surface area contributed by atoms with Crippen LogP contribution in [0.3, 0.4) is 0 Å². The summed E-state index contributed by atoms with van der Waals surface area (Å²) in [6.07, 6.45) is 8.62. The van der Waals surface area contributed by atoms with E-state index in [1.165, 1.54) is 37.8 Å². The van der Waals surface area contributed by atoms with Gasteiger partial charge in [-0.25, -0.2) is 0 Å². The molecule has 2 N–H and O–H groups in total. The fourth-order valence-electron chi connectivity index (χ4n) is 4.71. The predicted octanol–water partition coefficient (Wildman–Crippen LogP) is 5.16. The number of primary amides is 1. The van der Waals surface area contributed by atoms with E-state index in [1.54, 1.807) is 0 Å². The zero-order valence-corrected chi connectivity index (χ0v) is 17.9. The Morgan fingerprint density at radius 3 is 2.32 bits per heavy atom. The Labute approximate surface area is 169 Å². The fourth-order valence-corrected chi connectivity index (χ4v) is 4.71. The van der Waals surface area contributed by atoms with Crippen LogP contribution >= 0.6 is 0 Å². The van der Waals surface area contributed by atoms with E-state index >= 15 is 0 Å². The Kier molecular flexibility index (Phi) is 6.48. The third-order valence-electron chi connectivity index (χ3n) is 6.20. The molecule has 1 fully saturated rings. The number of anilines is 1. The molecule has 0 atom stereocenters. The molecule has 0 unspecified atom stereocenters. The second kappa shape index (κ2) is 8.85. The Hall–Kier alpha value is -2.23. The van der Waals surface area contributed by atoms with E-state index in [-0.39, 0.29) is 5.91 Å². The van der Waals surface area contributed by atoms with Gasteiger partial charge >= 0.3 is 0 Å². The van der Waals surface area contributed by atoms with Crippen molar-refractivity contribution in [2.45, 2.75) is 65.3 Å². The first-order valence-electron chi connectivity index (χ1n) is 10.7. The molecule has 1 aliphatic rings. The average molecular weight is 382 g/mol. The molecule has 1 aromatic heterocycles. The van der Waals surface area contributed by atoms with Crippen LogP contribution in [0, 0.1) is 12.8 Å². The second-order valence-electron chi connectivity index (χ2n) is 8.45. The van der Waals surface area contributed by atoms with Crippen LogP contribution in [0.25, 0.3) is 11.1 Å². The molecule has 2 aromatic rings. The van der Waals surface area contributed by atoms with Crippen LogP contribution in [-0.2, 0) is 13.0 Å². The van der Waals surface area contributed by atoms with E-state index in [0.29, 0.717) is 11.5 Å². The third-order valence-corrected chi connectivity index (χ3v) is 6.20. The Morgan fingerprint density at radius 1 is 1.14 bits per heavy atom. The zero-order chi connectivity index (χ0) is 20.3. The van der Waals surface area contributed by atoms with Gasteiger partial charge in [0, 0.05) is 43.3 Å². The van der Waals surface area contributed by atoms with Gasteiger partial charge < -0.3 is 15.2 Å². The molecule has 0 bridgehead atoms. The summed E-state index contributed by atoms with van der Waals surface area (Å²) < 4.78 is 2.41. The van der Waals surface area contributed by atoms with Gasteiger partial charge in [0.1, 0.15) is 0 Å². The van der Waals surface area contributed by atoms with E-state index in [4.69, 9.17) is 5.73 Å². The summed E-state index contributed by atoms with van der Waals surface area (Å²) in [6.45, 7) is 5.28. The topological polar surface area (TPSA) is 51.3 Å². The minimum atomic E-state index is -0.316. The van der Waals surface area contributed by atoms with Gasteiger partial charge in [0.25, 0.3) is 5.91 Å². The van der Waals surface area contributed by atoms with E-state index in [0.717, 1.165) is 41.9 Å². The molecular weight excluding hydrogens is 346 g/mol. The quantitative estimate of drug-likeness (QED) is 0.720. The monoisotopic (exact) mass is 381 g/mol. The summed E-state index contributed by atoms with van der Waals surface area (Å²) >= 11 is 0. The molecule has 0 aliphatic heterocycles. The molecule has 1 saturated carbocycles. The van der Waals surface area contributed by atoms with Crippen LogP contribution in [-0.4, -0.2) is 24.6 Å². The first-order valence-corrected chi connectivity index (χ1v) is 10.7. The number of carbonyl (C=O) groups is 1. The number of hydrogen-bond acceptors (Lipinski definition) is 2. The van der Waals surface area contributed by atoms with E-state index < -0.39 is 0 Å². The minimum Gasteiger partial charge on any atom is -0.378 e. The zero-order valence-electron chi connectivity index (χ0n) is 17.9. The fraction of sp³-hybridized carbons (Fsp3) is 0.542. The molecule has 4 heteroatoms. The van der Waals surface area contributed by atoms with E-state index in [1.807, 2.05) is 14.1 Å². The molecule has 0 radical (unpaired) electrons. The maximum Gasteiger partial charge on any atom is 0.251 e. The van der Waals surface area contributed by atoms with Crippen LogP contribution in [0.5, 0.6) is 0 Å². The van der Waals surface area contributed by atoms with Crippen molar-refractivity contribution in [3.8, 4) is 11.1 Å². The number of amides is 1. The highest BCUT2D eigenvalue weighted by Crippen LogP contribution is 2.36. The molecule has 1 aliphatic carbocycles. The summed E-state index contributed by atoms with van der Waals surface area (Å²) in [6, 6.07) is 8.48. The maximum atomic E-state index is 12.5. The lowest BCUT2D eigenvalue weighted by Gasteiger charge is -2.24. The highest BCUT2D eigenvalue weighted by molar-refractivity contribution is 6.02. The summed E-state index contributed by atoms with van der Waals surface area (Å²) in [5.74, 6) is 0.393. The van der Waals surface area contributed by atoms with Gasteiger partial charge in [-0.1, -0.05) is 44.7 Å². The number of aromatic nitrogens is 1. The first-order chi connectivity index (χ1) is 13.4. The minimum absolute atomic E-state index is 0.316. The summed E-state index contributed by atoms with van der Waals surface area (Å²) in [5.41, 5.74) is 12.2. The summed E-state index contributed by atoms with van der Waals surface area (Å²) in [5, 5.41) is 0. The molecule has 1 heterocycles. The van der Waals surface area contributed by atoms with Gasteiger partial charge in [0.05, 0.1) is 5.56 Å². The lowest BCUT2D eigenvalue weighted by molar-refractivity contribution is 0.1000. The van der Waals surface area contributed by atoms with Gasteiger partial charge in [-0.05, 0) is 49.8 Å². The summed E-state index contributed by atoms with van der Waals surface area (Å²) in [7, 11) is 4.08. The van der Waals surface area contributed by atoms with Crippen molar-refractivity contribution in [2.75, 3.05) is 19.0 Å². The molecular formula is C24H35N3O.